The smallest absolute Gasteiger partial charge is 0.253 e. The van der Waals surface area contributed by atoms with E-state index >= 15 is 0 Å². The summed E-state index contributed by atoms with van der Waals surface area (Å²) >= 11 is 0. The van der Waals surface area contributed by atoms with Gasteiger partial charge in [-0.05, 0) is 37.1 Å². The van der Waals surface area contributed by atoms with Crippen molar-refractivity contribution in [2.24, 2.45) is 5.92 Å². The lowest BCUT2D eigenvalue weighted by Gasteiger charge is -2.34. The highest BCUT2D eigenvalue weighted by Gasteiger charge is 2.24. The highest BCUT2D eigenvalue weighted by Crippen LogP contribution is 2.16. The van der Waals surface area contributed by atoms with Crippen LogP contribution in [0.1, 0.15) is 23.7 Å². The lowest BCUT2D eigenvalue weighted by atomic mass is 10.1. The minimum atomic E-state index is -3.63. The molecule has 1 aromatic carbocycles. The third-order valence-electron chi connectivity index (χ3n) is 5.08. The van der Waals surface area contributed by atoms with Crippen molar-refractivity contribution < 1.29 is 17.9 Å². The number of rotatable bonds is 6. The van der Waals surface area contributed by atoms with Crippen LogP contribution in [0.5, 0.6) is 0 Å². The molecule has 2 heterocycles. The van der Waals surface area contributed by atoms with Gasteiger partial charge in [0.05, 0.1) is 11.5 Å². The van der Waals surface area contributed by atoms with Gasteiger partial charge in [-0.25, -0.2) is 13.1 Å². The second-order valence-electron chi connectivity index (χ2n) is 6.84. The number of nitrogens with one attached hydrogen (secondary N) is 1. The van der Waals surface area contributed by atoms with Crippen molar-refractivity contribution in [1.29, 1.82) is 0 Å². The average Bonchev–Trinajstić information content (AvgIpc) is 3.20. The van der Waals surface area contributed by atoms with Gasteiger partial charge in [-0.15, -0.1) is 0 Å². The maximum Gasteiger partial charge on any atom is 0.253 e. The molecule has 0 aliphatic carbocycles. The van der Waals surface area contributed by atoms with Crippen LogP contribution in [0.3, 0.4) is 0 Å². The molecule has 0 unspecified atom stereocenters. The van der Waals surface area contributed by atoms with Gasteiger partial charge in [0.15, 0.2) is 0 Å². The Kier molecular flexibility index (Phi) is 6.29. The molecule has 0 radical (unpaired) electrons. The summed E-state index contributed by atoms with van der Waals surface area (Å²) in [4.78, 5) is 16.9. The first-order chi connectivity index (χ1) is 12.5. The monoisotopic (exact) mass is 381 g/mol. The molecule has 1 amide bonds. The quantitative estimate of drug-likeness (QED) is 0.788. The van der Waals surface area contributed by atoms with Crippen molar-refractivity contribution in [2.45, 2.75) is 18.2 Å². The highest BCUT2D eigenvalue weighted by atomic mass is 32.2. The topological polar surface area (TPSA) is 79.0 Å². The number of piperazine rings is 1. The molecule has 1 atom stereocenters. The molecule has 0 bridgehead atoms. The van der Waals surface area contributed by atoms with Crippen LogP contribution in [0.25, 0.3) is 0 Å². The van der Waals surface area contributed by atoms with Crippen molar-refractivity contribution in [3.05, 3.63) is 29.8 Å². The van der Waals surface area contributed by atoms with Crippen LogP contribution in [-0.4, -0.2) is 76.6 Å². The van der Waals surface area contributed by atoms with Crippen LogP contribution in [0.4, 0.5) is 0 Å². The molecule has 2 saturated heterocycles. The summed E-state index contributed by atoms with van der Waals surface area (Å²) in [5.74, 6) is 0.103. The van der Waals surface area contributed by atoms with Gasteiger partial charge < -0.3 is 14.5 Å². The van der Waals surface area contributed by atoms with Gasteiger partial charge in [-0.2, -0.15) is 0 Å². The predicted octanol–water partition coefficient (Wildman–Crippen LogP) is 0.779. The van der Waals surface area contributed by atoms with Gasteiger partial charge in [0.2, 0.25) is 10.0 Å². The number of carbonyl (C=O) groups excluding carboxylic acids is 1. The Balaban J connectivity index is 1.66. The summed E-state index contributed by atoms with van der Waals surface area (Å²) in [6, 6.07) is 6.31. The van der Waals surface area contributed by atoms with Crippen molar-refractivity contribution in [3.8, 4) is 0 Å². The Bertz CT molecular complexity index is 724. The van der Waals surface area contributed by atoms with Gasteiger partial charge in [-0.3, -0.25) is 4.79 Å². The number of likely N-dealkylation sites (N-methyl/N-ethyl adjacent to an activating group) is 1. The number of amides is 1. The number of hydrogen-bond donors (Lipinski definition) is 1. The summed E-state index contributed by atoms with van der Waals surface area (Å²) < 4.78 is 33.0. The largest absolute Gasteiger partial charge is 0.381 e. The maximum absolute atomic E-state index is 12.7. The van der Waals surface area contributed by atoms with E-state index in [1.165, 1.54) is 12.1 Å². The van der Waals surface area contributed by atoms with E-state index < -0.39 is 10.0 Å². The fraction of sp³-hybridized carbons (Fsp3) is 0.611. The minimum absolute atomic E-state index is 0.109. The zero-order valence-corrected chi connectivity index (χ0v) is 16.0. The molecule has 2 fully saturated rings. The highest BCUT2D eigenvalue weighted by molar-refractivity contribution is 7.89. The molecular weight excluding hydrogens is 354 g/mol. The molecule has 1 N–H and O–H groups in total. The molecule has 144 valence electrons. The number of sulfonamides is 1. The van der Waals surface area contributed by atoms with E-state index in [0.29, 0.717) is 38.4 Å². The van der Waals surface area contributed by atoms with Crippen molar-refractivity contribution in [2.75, 3.05) is 52.5 Å². The third-order valence-corrected chi connectivity index (χ3v) is 6.51. The fourth-order valence-corrected chi connectivity index (χ4v) is 4.46. The molecule has 8 heteroatoms. The van der Waals surface area contributed by atoms with E-state index in [9.17, 15) is 13.2 Å². The lowest BCUT2D eigenvalue weighted by Crippen LogP contribution is -2.48. The van der Waals surface area contributed by atoms with E-state index in [4.69, 9.17) is 4.74 Å². The predicted molar refractivity (Wildman–Crippen MR) is 98.6 cm³/mol. The van der Waals surface area contributed by atoms with Gasteiger partial charge in [0.25, 0.3) is 5.91 Å². The normalized spacial score (nSPS) is 21.9. The Morgan fingerprint density at radius 3 is 2.69 bits per heavy atom. The van der Waals surface area contributed by atoms with Gasteiger partial charge in [0.1, 0.15) is 0 Å². The zero-order chi connectivity index (χ0) is 18.6. The second kappa shape index (κ2) is 8.47. The molecule has 26 heavy (non-hydrogen) atoms. The minimum Gasteiger partial charge on any atom is -0.381 e. The number of nitrogens with zero attached hydrogens (tertiary/aromatic N) is 2. The van der Waals surface area contributed by atoms with Crippen LogP contribution in [0.2, 0.25) is 0 Å². The van der Waals surface area contributed by atoms with E-state index in [0.717, 1.165) is 26.1 Å². The maximum atomic E-state index is 12.7. The molecule has 2 aliphatic rings. The first-order valence-electron chi connectivity index (χ1n) is 9.18. The van der Waals surface area contributed by atoms with E-state index in [-0.39, 0.29) is 16.7 Å². The standard InChI is InChI=1S/C18H27N3O4S/c1-2-20-7-9-21(10-8-20)18(22)16-4-3-5-17(12-16)26(23,24)19-13-15-6-11-25-14-15/h3-5,12,15,19H,2,6-11,13-14H2,1H3/t15-/m1/s1. The van der Waals surface area contributed by atoms with Gasteiger partial charge in [-0.1, -0.05) is 13.0 Å². The van der Waals surface area contributed by atoms with Crippen molar-refractivity contribution in [1.82, 2.24) is 14.5 Å². The molecule has 1 aromatic rings. The van der Waals surface area contributed by atoms with Crippen LogP contribution < -0.4 is 4.72 Å². The zero-order valence-electron chi connectivity index (χ0n) is 15.2. The van der Waals surface area contributed by atoms with E-state index in [2.05, 4.69) is 16.5 Å². The Morgan fingerprint density at radius 1 is 1.27 bits per heavy atom. The van der Waals surface area contributed by atoms with Crippen LogP contribution in [0, 0.1) is 5.92 Å². The first kappa shape index (κ1) is 19.3. The molecule has 0 spiro atoms. The van der Waals surface area contributed by atoms with Crippen LogP contribution >= 0.6 is 0 Å². The Morgan fingerprint density at radius 2 is 2.04 bits per heavy atom. The SMILES string of the molecule is CCN1CCN(C(=O)c2cccc(S(=O)(=O)NC[C@H]3CCOC3)c2)CC1. The molecule has 0 saturated carbocycles. The summed E-state index contributed by atoms with van der Waals surface area (Å²) in [5, 5.41) is 0. The lowest BCUT2D eigenvalue weighted by molar-refractivity contribution is 0.0643. The summed E-state index contributed by atoms with van der Waals surface area (Å²) in [6.45, 7) is 7.76. The number of ether oxygens (including phenoxy) is 1. The number of carbonyl (C=O) groups is 1. The van der Waals surface area contributed by atoms with Crippen molar-refractivity contribution in [3.63, 3.8) is 0 Å². The summed E-state index contributed by atoms with van der Waals surface area (Å²) in [5.41, 5.74) is 0.419. The molecule has 3 rings (SSSR count). The summed E-state index contributed by atoms with van der Waals surface area (Å²) in [7, 11) is -3.63. The molecule has 2 aliphatic heterocycles. The molecule has 7 nitrogen and oxygen atoms in total. The third kappa shape index (κ3) is 4.62. The van der Waals surface area contributed by atoms with E-state index in [1.807, 2.05) is 0 Å². The average molecular weight is 381 g/mol. The van der Waals surface area contributed by atoms with Crippen LogP contribution in [0.15, 0.2) is 29.2 Å². The Hall–Kier alpha value is -1.48. The van der Waals surface area contributed by atoms with E-state index in [1.54, 1.807) is 17.0 Å². The number of benzene rings is 1. The molecule has 0 aromatic heterocycles. The first-order valence-corrected chi connectivity index (χ1v) is 10.7. The van der Waals surface area contributed by atoms with Gasteiger partial charge in [0, 0.05) is 44.9 Å². The summed E-state index contributed by atoms with van der Waals surface area (Å²) in [6.07, 6.45) is 0.866. The fourth-order valence-electron chi connectivity index (χ4n) is 3.30. The second-order valence-corrected chi connectivity index (χ2v) is 8.60. The number of hydrogen-bond acceptors (Lipinski definition) is 5. The Labute approximate surface area is 155 Å². The molecular formula is C18H27N3O4S. The van der Waals surface area contributed by atoms with Gasteiger partial charge >= 0.3 is 0 Å². The van der Waals surface area contributed by atoms with Crippen molar-refractivity contribution >= 4 is 15.9 Å². The van der Waals surface area contributed by atoms with Crippen LogP contribution in [-0.2, 0) is 14.8 Å².